The fraction of sp³-hybridized carbons (Fsp3) is 0.566. The third-order valence-electron chi connectivity index (χ3n) is 20.1. The number of hydrogen-bond donors (Lipinski definition) is 8. The van der Waals surface area contributed by atoms with E-state index in [4.69, 9.17) is 43.6 Å². The number of primary amides is 1. The smallest absolute Gasteiger partial charge is 0.410 e. The molecule has 0 radical (unpaired) electrons. The van der Waals surface area contributed by atoms with Crippen LogP contribution >= 0.6 is 0 Å². The van der Waals surface area contributed by atoms with E-state index in [-0.39, 0.29) is 98.0 Å². The first-order valence-corrected chi connectivity index (χ1v) is 35.6. The van der Waals surface area contributed by atoms with Crippen molar-refractivity contribution in [2.45, 2.75) is 207 Å². The molecule has 0 aromatic heterocycles. The van der Waals surface area contributed by atoms with Crippen LogP contribution in [0.1, 0.15) is 156 Å². The van der Waals surface area contributed by atoms with E-state index in [1.54, 1.807) is 97.0 Å². The number of urea groups is 1. The van der Waals surface area contributed by atoms with E-state index < -0.39 is 179 Å². The van der Waals surface area contributed by atoms with Crippen molar-refractivity contribution in [3.8, 4) is 0 Å². The van der Waals surface area contributed by atoms with Crippen LogP contribution in [0, 0.1) is 28.6 Å². The number of Topliss-reactive ketones (excluding diaryl/α,β-unsaturated/α-hetero) is 2. The largest absolute Gasteiger partial charge is 0.455 e. The number of aliphatic hydroxyl groups excluding tert-OH is 1. The molecule has 107 heavy (non-hydrogen) atoms. The van der Waals surface area contributed by atoms with Crippen LogP contribution in [0.2, 0.25) is 0 Å². The second kappa shape index (κ2) is 35.1. The Hall–Kier alpha value is -10.0. The monoisotopic (exact) mass is 1490 g/mol. The molecule has 8 amide bonds. The lowest BCUT2D eigenvalue weighted by atomic mass is 9.44. The number of carbonyl (C=O) groups is 13. The van der Waals surface area contributed by atoms with Crippen LogP contribution < -0.4 is 32.3 Å². The van der Waals surface area contributed by atoms with Crippen molar-refractivity contribution in [2.75, 3.05) is 45.7 Å². The molecule has 4 aliphatic rings. The number of anilines is 1. The van der Waals surface area contributed by atoms with E-state index in [0.717, 1.165) is 23.6 Å². The van der Waals surface area contributed by atoms with Gasteiger partial charge in [-0.05, 0) is 99.9 Å². The number of fused-ring (bicyclic) bond motifs is 5. The van der Waals surface area contributed by atoms with Crippen LogP contribution in [0.25, 0.3) is 0 Å². The Morgan fingerprint density at radius 3 is 1.94 bits per heavy atom. The molecular weight excluding hydrogens is 1390 g/mol. The van der Waals surface area contributed by atoms with E-state index in [1.165, 1.54) is 78.2 Å². The van der Waals surface area contributed by atoms with Crippen molar-refractivity contribution in [2.24, 2.45) is 34.3 Å². The third kappa shape index (κ3) is 20.0. The number of carbonyl (C=O) groups excluding carboxylic acids is 13. The van der Waals surface area contributed by atoms with Crippen molar-refractivity contribution in [3.05, 3.63) is 113 Å². The first kappa shape index (κ1) is 84.3. The predicted octanol–water partition coefficient (Wildman–Crippen LogP) is 6.19. The number of aliphatic hydroxyl groups is 2. The zero-order valence-electron chi connectivity index (χ0n) is 63.2. The lowest BCUT2D eigenvalue weighted by Gasteiger charge is -2.67. The molecule has 0 unspecified atom stereocenters. The molecule has 31 nitrogen and oxygen atoms in total. The molecule has 584 valence electrons. The molecule has 2 saturated carbocycles. The second-order valence-corrected chi connectivity index (χ2v) is 30.0. The summed E-state index contributed by atoms with van der Waals surface area (Å²) in [5.41, 5.74) is -3.52. The maximum Gasteiger partial charge on any atom is 0.410 e. The number of ketones is 2. The van der Waals surface area contributed by atoms with Crippen molar-refractivity contribution in [1.29, 1.82) is 0 Å². The van der Waals surface area contributed by atoms with Gasteiger partial charge in [-0.3, -0.25) is 33.6 Å². The van der Waals surface area contributed by atoms with Crippen LogP contribution in [0.4, 0.5) is 24.9 Å². The number of alkyl carbamates (subject to hydrolysis) is 1. The first-order chi connectivity index (χ1) is 50.1. The average molecular weight is 1500 g/mol. The van der Waals surface area contributed by atoms with Gasteiger partial charge in [-0.15, -0.1) is 0 Å². The van der Waals surface area contributed by atoms with Crippen LogP contribution in [0.5, 0.6) is 0 Å². The lowest BCUT2D eigenvalue weighted by molar-refractivity contribution is -0.346. The average Bonchev–Trinajstić information content (AvgIpc) is 0.669. The highest BCUT2D eigenvalue weighted by molar-refractivity contribution is 5.99. The highest BCUT2D eigenvalue weighted by atomic mass is 16.6. The van der Waals surface area contributed by atoms with Crippen LogP contribution in [-0.2, 0) is 82.9 Å². The van der Waals surface area contributed by atoms with Gasteiger partial charge in [-0.25, -0.2) is 28.8 Å². The molecular formula is C76H102N8O23. The van der Waals surface area contributed by atoms with Gasteiger partial charge in [-0.1, -0.05) is 102 Å². The maximum atomic E-state index is 16.0. The van der Waals surface area contributed by atoms with Crippen molar-refractivity contribution < 1.29 is 110 Å². The molecule has 13 atom stereocenters. The van der Waals surface area contributed by atoms with E-state index in [2.05, 4.69) is 26.6 Å². The topological polar surface area (TPSA) is 429 Å². The molecule has 3 aromatic rings. The summed E-state index contributed by atoms with van der Waals surface area (Å²) >= 11 is 0. The Bertz CT molecular complexity index is 3830. The first-order valence-electron chi connectivity index (χ1n) is 35.6. The molecule has 2 bridgehead atoms. The number of nitrogens with one attached hydrogen (secondary N) is 5. The van der Waals surface area contributed by atoms with Gasteiger partial charge in [0.1, 0.15) is 60.0 Å². The molecule has 3 fully saturated rings. The summed E-state index contributed by atoms with van der Waals surface area (Å²) in [6.07, 6.45) is -14.6. The molecule has 7 rings (SSSR count). The van der Waals surface area contributed by atoms with E-state index in [9.17, 15) is 63.0 Å². The van der Waals surface area contributed by atoms with Crippen molar-refractivity contribution in [3.63, 3.8) is 0 Å². The Kier molecular flexibility index (Phi) is 27.7. The number of likely N-dealkylation sites (N-methyl/N-ethyl adjacent to an activating group) is 2. The quantitative estimate of drug-likeness (QED) is 0.0166. The van der Waals surface area contributed by atoms with Gasteiger partial charge in [0.25, 0.3) is 0 Å². The van der Waals surface area contributed by atoms with Crippen molar-refractivity contribution >= 4 is 83.2 Å². The Balaban J connectivity index is 1.13. The number of rotatable bonds is 29. The van der Waals surface area contributed by atoms with Gasteiger partial charge < -0.3 is 90.2 Å². The Labute approximate surface area is 621 Å². The molecule has 3 aliphatic carbocycles. The number of benzene rings is 3. The SMILES string of the molecule is CC(=O)O[C@H]1C(=O)[C@@]2(C)[C@H]([C@H](OC(=O)c3ccccc3)[C@]3(O)C[C@H](OC(=O)[C@H](OC(=O)N(C)CCN(C)C(=O)OCc4ccc(NC(=O)[C@H](CCCNC(N)=O)NC(=O)[C@@H](NC(=O)CCC(=O)C(C)C)C(C)C)cc4)[C@@H](NC(=O)OC(C)(C)C)c4ccccc4)C(C)=C1C3(C)C)[C@]1(OC(C)=O)CO[C@@H]1C[C@@H]2O. The summed E-state index contributed by atoms with van der Waals surface area (Å²) in [4.78, 5) is 181. The summed E-state index contributed by atoms with van der Waals surface area (Å²) in [5, 5.41) is 39.7. The molecule has 9 N–H and O–H groups in total. The van der Waals surface area contributed by atoms with Gasteiger partial charge in [0.15, 0.2) is 17.5 Å². The normalized spacial score (nSPS) is 23.8. The lowest BCUT2D eigenvalue weighted by Crippen LogP contribution is -2.82. The maximum absolute atomic E-state index is 16.0. The molecule has 1 heterocycles. The van der Waals surface area contributed by atoms with Gasteiger partial charge >= 0.3 is 48.2 Å². The summed E-state index contributed by atoms with van der Waals surface area (Å²) < 4.78 is 48.4. The summed E-state index contributed by atoms with van der Waals surface area (Å²) in [7, 11) is 2.68. The third-order valence-corrected chi connectivity index (χ3v) is 20.1. The highest BCUT2D eigenvalue weighted by Gasteiger charge is 2.78. The Morgan fingerprint density at radius 2 is 1.38 bits per heavy atom. The van der Waals surface area contributed by atoms with Gasteiger partial charge in [-0.2, -0.15) is 0 Å². The van der Waals surface area contributed by atoms with Crippen LogP contribution in [-0.4, -0.2) is 203 Å². The van der Waals surface area contributed by atoms with Gasteiger partial charge in [0.2, 0.25) is 23.8 Å². The second-order valence-electron chi connectivity index (χ2n) is 30.0. The van der Waals surface area contributed by atoms with Crippen LogP contribution in [0.3, 0.4) is 0 Å². The fourth-order valence-corrected chi connectivity index (χ4v) is 14.1. The number of hydrogen-bond acceptors (Lipinski definition) is 23. The highest BCUT2D eigenvalue weighted by Crippen LogP contribution is 2.64. The van der Waals surface area contributed by atoms with E-state index in [0.29, 0.717) is 5.56 Å². The minimum Gasteiger partial charge on any atom is -0.455 e. The number of nitrogens with zero attached hydrogens (tertiary/aromatic N) is 2. The van der Waals surface area contributed by atoms with Crippen molar-refractivity contribution in [1.82, 2.24) is 31.1 Å². The van der Waals surface area contributed by atoms with E-state index in [1.807, 2.05) is 0 Å². The van der Waals surface area contributed by atoms with E-state index >= 15 is 9.59 Å². The molecule has 1 saturated heterocycles. The van der Waals surface area contributed by atoms with Gasteiger partial charge in [0, 0.05) is 90.3 Å². The summed E-state index contributed by atoms with van der Waals surface area (Å²) in [6, 6.07) is 17.0. The molecule has 0 spiro atoms. The molecule has 1 aliphatic heterocycles. The molecule has 31 heteroatoms. The predicted molar refractivity (Wildman–Crippen MR) is 383 cm³/mol. The summed E-state index contributed by atoms with van der Waals surface area (Å²) in [6.45, 7) is 18.5. The zero-order chi connectivity index (χ0) is 79.4. The molecule has 3 aromatic carbocycles. The minimum absolute atomic E-state index is 0.00881. The number of ether oxygens (including phenoxy) is 8. The minimum atomic E-state index is -2.58. The number of amides is 8. The van der Waals surface area contributed by atoms with Crippen LogP contribution in [0.15, 0.2) is 96.1 Å². The summed E-state index contributed by atoms with van der Waals surface area (Å²) in [5.74, 6) is -9.46. The number of esters is 4. The zero-order valence-corrected chi connectivity index (χ0v) is 63.2. The number of nitrogens with two attached hydrogens (primary N) is 1. The van der Waals surface area contributed by atoms with Gasteiger partial charge in [0.05, 0.1) is 29.6 Å². The fourth-order valence-electron chi connectivity index (χ4n) is 14.1. The standard InChI is InChI=1S/C76H102N8O23/c1-41(2)51(87)32-33-55(89)81-57(42(3)4)65(92)80-50(27-22-34-78-68(77)95)64(91)79-49-30-28-46(29-31-49)39-100-70(97)83(14)35-36-84(15)71(98)104-60(58(47-23-18-16-19-24-47)82-69(96)107-72(8,9)10)67(94)103-52-38-76(99)63(105-66(93)48-25-20-17-21-26-48)61-74(13,53(88)37-54-75(61,40-101-54)106-45(7)86)62(90)59(102-44(6)85)56(43(52)5)73(76,11)12/h16-21,23-26,28-31,41-42,50,52-54,57-61,63,88,99H,22,27,32-40H2,1-15H3,(H,79,91)(H,80,92)(H,81,89)(H,82,96)(H3,77,78,95)/t50-,52-,53-,54+,57-,58-,59+,60+,61-,63-,74+,75-,76+/m0/s1. The Morgan fingerprint density at radius 1 is 0.766 bits per heavy atom.